The molecule has 2 unspecified atom stereocenters. The van der Waals surface area contributed by atoms with Gasteiger partial charge < -0.3 is 19.1 Å². The SMILES string of the molecule is CCCCCC=CCC=CCCCCCCCCCOC1(CCCCCCCCCC=CCC=CCCCCC)OCC(CCN(C)C)O1. The van der Waals surface area contributed by atoms with Gasteiger partial charge in [0.15, 0.2) is 0 Å². The van der Waals surface area contributed by atoms with Gasteiger partial charge in [-0.3, -0.25) is 0 Å². The third kappa shape index (κ3) is 30.2. The molecule has 1 fully saturated rings. The Hall–Kier alpha value is -1.20. The summed E-state index contributed by atoms with van der Waals surface area (Å²) in [5, 5.41) is 0. The van der Waals surface area contributed by atoms with E-state index in [0.717, 1.165) is 51.7 Å². The smallest absolute Gasteiger partial charge is 0.283 e. The molecule has 0 radical (unpaired) electrons. The molecule has 286 valence electrons. The van der Waals surface area contributed by atoms with E-state index in [1.807, 2.05) is 0 Å². The van der Waals surface area contributed by atoms with E-state index in [2.05, 4.69) is 81.5 Å². The maximum absolute atomic E-state index is 6.47. The first kappa shape index (κ1) is 45.8. The van der Waals surface area contributed by atoms with E-state index in [0.29, 0.717) is 6.61 Å². The summed E-state index contributed by atoms with van der Waals surface area (Å²) in [4.78, 5) is 2.22. The van der Waals surface area contributed by atoms with E-state index in [-0.39, 0.29) is 6.10 Å². The van der Waals surface area contributed by atoms with Crippen LogP contribution in [0.4, 0.5) is 0 Å². The number of ether oxygens (including phenoxy) is 3. The summed E-state index contributed by atoms with van der Waals surface area (Å²) in [5.74, 6) is -0.813. The Bertz CT molecular complexity index is 803. The van der Waals surface area contributed by atoms with Crippen LogP contribution in [0.5, 0.6) is 0 Å². The summed E-state index contributed by atoms with van der Waals surface area (Å²) in [5.41, 5.74) is 0. The van der Waals surface area contributed by atoms with Crippen molar-refractivity contribution in [2.45, 2.75) is 206 Å². The Morgan fingerprint density at radius 1 is 0.551 bits per heavy atom. The van der Waals surface area contributed by atoms with Gasteiger partial charge in [-0.2, -0.15) is 0 Å². The molecular formula is C45H83NO3. The van der Waals surface area contributed by atoms with Crippen LogP contribution in [0.3, 0.4) is 0 Å². The standard InChI is InChI=1S/C45H83NO3/c1-5-7-9-11-13-15-17-19-21-23-25-27-29-31-33-35-37-40-45(48-43-44(49-45)39-41-46(3)4)47-42-38-36-34-32-30-28-26-24-22-20-18-16-14-12-10-8-6-2/h13-16,19-22,44H,5-12,17-18,23-43H2,1-4H3. The Morgan fingerprint density at radius 2 is 0.980 bits per heavy atom. The van der Waals surface area contributed by atoms with Crippen molar-refractivity contribution in [2.75, 3.05) is 33.9 Å². The highest BCUT2D eigenvalue weighted by Gasteiger charge is 2.42. The normalized spacial score (nSPS) is 18.6. The second-order valence-electron chi connectivity index (χ2n) is 14.8. The van der Waals surface area contributed by atoms with Gasteiger partial charge in [-0.1, -0.05) is 152 Å². The number of unbranched alkanes of at least 4 members (excludes halogenated alkanes) is 20. The van der Waals surface area contributed by atoms with Crippen LogP contribution in [0.15, 0.2) is 48.6 Å². The molecule has 1 aliphatic rings. The lowest BCUT2D eigenvalue weighted by molar-refractivity contribution is -0.341. The molecule has 1 rings (SSSR count). The summed E-state index contributed by atoms with van der Waals surface area (Å²) < 4.78 is 19.1. The number of hydrogen-bond acceptors (Lipinski definition) is 4. The summed E-state index contributed by atoms with van der Waals surface area (Å²) >= 11 is 0. The highest BCUT2D eigenvalue weighted by molar-refractivity contribution is 4.93. The molecule has 1 saturated heterocycles. The van der Waals surface area contributed by atoms with Gasteiger partial charge in [-0.05, 0) is 97.6 Å². The zero-order valence-electron chi connectivity index (χ0n) is 33.3. The fraction of sp³-hybridized carbons (Fsp3) is 0.822. The summed E-state index contributed by atoms with van der Waals surface area (Å²) in [6.45, 7) is 6.94. The quantitative estimate of drug-likeness (QED) is 0.0485. The Labute approximate surface area is 306 Å². The van der Waals surface area contributed by atoms with Gasteiger partial charge in [0.25, 0.3) is 5.97 Å². The van der Waals surface area contributed by atoms with Crippen molar-refractivity contribution in [3.63, 3.8) is 0 Å². The lowest BCUT2D eigenvalue weighted by atomic mass is 10.1. The van der Waals surface area contributed by atoms with Crippen LogP contribution in [-0.2, 0) is 14.2 Å². The Balaban J connectivity index is 2.12. The molecule has 4 nitrogen and oxygen atoms in total. The predicted molar refractivity (Wildman–Crippen MR) is 215 cm³/mol. The molecule has 0 bridgehead atoms. The van der Waals surface area contributed by atoms with E-state index in [4.69, 9.17) is 14.2 Å². The van der Waals surface area contributed by atoms with E-state index >= 15 is 0 Å². The topological polar surface area (TPSA) is 30.9 Å². The molecule has 0 aliphatic carbocycles. The second kappa shape index (κ2) is 35.2. The summed E-state index contributed by atoms with van der Waals surface area (Å²) in [6.07, 6.45) is 53.9. The van der Waals surface area contributed by atoms with E-state index in [1.54, 1.807) is 0 Å². The third-order valence-electron chi connectivity index (χ3n) is 9.58. The van der Waals surface area contributed by atoms with Gasteiger partial charge in [0, 0.05) is 13.0 Å². The first-order valence-electron chi connectivity index (χ1n) is 21.3. The van der Waals surface area contributed by atoms with Crippen LogP contribution < -0.4 is 0 Å². The van der Waals surface area contributed by atoms with Crippen LogP contribution in [0.25, 0.3) is 0 Å². The van der Waals surface area contributed by atoms with E-state index < -0.39 is 5.97 Å². The molecule has 0 aromatic carbocycles. The number of nitrogens with zero attached hydrogens (tertiary/aromatic N) is 1. The Morgan fingerprint density at radius 3 is 1.45 bits per heavy atom. The minimum atomic E-state index is -0.813. The van der Waals surface area contributed by atoms with E-state index in [1.165, 1.54) is 141 Å². The van der Waals surface area contributed by atoms with Crippen LogP contribution in [0.1, 0.15) is 194 Å². The van der Waals surface area contributed by atoms with Crippen molar-refractivity contribution >= 4 is 0 Å². The van der Waals surface area contributed by atoms with Crippen molar-refractivity contribution in [1.82, 2.24) is 4.90 Å². The molecule has 0 aromatic rings. The summed E-state index contributed by atoms with van der Waals surface area (Å²) in [6, 6.07) is 0. The average molecular weight is 686 g/mol. The van der Waals surface area contributed by atoms with Crippen molar-refractivity contribution < 1.29 is 14.2 Å². The van der Waals surface area contributed by atoms with Gasteiger partial charge in [0.1, 0.15) is 0 Å². The Kier molecular flexibility index (Phi) is 32.9. The fourth-order valence-corrected chi connectivity index (χ4v) is 6.37. The molecule has 1 heterocycles. The van der Waals surface area contributed by atoms with Gasteiger partial charge in [0.05, 0.1) is 19.3 Å². The first-order chi connectivity index (χ1) is 24.1. The van der Waals surface area contributed by atoms with Crippen LogP contribution in [0, 0.1) is 0 Å². The molecule has 0 amide bonds. The van der Waals surface area contributed by atoms with Crippen LogP contribution in [0.2, 0.25) is 0 Å². The average Bonchev–Trinajstić information content (AvgIpc) is 3.51. The molecule has 0 aromatic heterocycles. The van der Waals surface area contributed by atoms with Gasteiger partial charge in [-0.15, -0.1) is 0 Å². The third-order valence-corrected chi connectivity index (χ3v) is 9.58. The van der Waals surface area contributed by atoms with Crippen LogP contribution in [-0.4, -0.2) is 50.8 Å². The molecule has 0 saturated carbocycles. The zero-order valence-corrected chi connectivity index (χ0v) is 33.3. The molecule has 49 heavy (non-hydrogen) atoms. The maximum Gasteiger partial charge on any atom is 0.283 e. The molecule has 0 N–H and O–H groups in total. The van der Waals surface area contributed by atoms with Crippen molar-refractivity contribution in [3.8, 4) is 0 Å². The number of hydrogen-bond donors (Lipinski definition) is 0. The second-order valence-corrected chi connectivity index (χ2v) is 14.8. The largest absolute Gasteiger partial charge is 0.327 e. The molecule has 0 spiro atoms. The molecule has 4 heteroatoms. The highest BCUT2D eigenvalue weighted by atomic mass is 16.9. The lowest BCUT2D eigenvalue weighted by Crippen LogP contribution is -2.35. The molecule has 2 atom stereocenters. The minimum absolute atomic E-state index is 0.139. The number of allylic oxidation sites excluding steroid dienone is 8. The van der Waals surface area contributed by atoms with Crippen molar-refractivity contribution in [1.29, 1.82) is 0 Å². The highest BCUT2D eigenvalue weighted by Crippen LogP contribution is 2.32. The van der Waals surface area contributed by atoms with Gasteiger partial charge in [-0.25, -0.2) is 0 Å². The van der Waals surface area contributed by atoms with Crippen LogP contribution >= 0.6 is 0 Å². The first-order valence-corrected chi connectivity index (χ1v) is 21.3. The van der Waals surface area contributed by atoms with Crippen molar-refractivity contribution in [2.24, 2.45) is 0 Å². The number of rotatable bonds is 36. The summed E-state index contributed by atoms with van der Waals surface area (Å²) in [7, 11) is 4.25. The van der Waals surface area contributed by atoms with Gasteiger partial charge in [0.2, 0.25) is 0 Å². The zero-order chi connectivity index (χ0) is 35.4. The molecule has 1 aliphatic heterocycles. The monoisotopic (exact) mass is 686 g/mol. The molecular weight excluding hydrogens is 602 g/mol. The maximum atomic E-state index is 6.47. The van der Waals surface area contributed by atoms with Gasteiger partial charge >= 0.3 is 0 Å². The van der Waals surface area contributed by atoms with E-state index in [9.17, 15) is 0 Å². The predicted octanol–water partition coefficient (Wildman–Crippen LogP) is 13.8. The minimum Gasteiger partial charge on any atom is -0.327 e. The van der Waals surface area contributed by atoms with Crippen molar-refractivity contribution in [3.05, 3.63) is 48.6 Å². The lowest BCUT2D eigenvalue weighted by Gasteiger charge is -2.28. The fourth-order valence-electron chi connectivity index (χ4n) is 6.37.